The predicted octanol–water partition coefficient (Wildman–Crippen LogP) is 3.66. The van der Waals surface area contributed by atoms with Gasteiger partial charge in [0.1, 0.15) is 17.3 Å². The van der Waals surface area contributed by atoms with Gasteiger partial charge in [0.05, 0.1) is 18.8 Å². The number of nitrogens with zero attached hydrogens (tertiary/aromatic N) is 4. The molecular weight excluding hydrogens is 418 g/mol. The first-order valence-corrected chi connectivity index (χ1v) is 11.0. The van der Waals surface area contributed by atoms with Crippen molar-refractivity contribution in [1.82, 2.24) is 19.8 Å². The number of hydrogen-bond donors (Lipinski definition) is 2. The molecule has 3 N–H and O–H groups in total. The lowest BCUT2D eigenvalue weighted by Gasteiger charge is -2.29. The minimum atomic E-state index is -0.595. The second-order valence-electron chi connectivity index (χ2n) is 8.22. The number of nitrogens with one attached hydrogen (secondary N) is 1. The molecule has 1 aromatic heterocycles. The number of nitrogens with two attached hydrogens (primary N) is 1. The van der Waals surface area contributed by atoms with Crippen molar-refractivity contribution in [2.24, 2.45) is 0 Å². The number of anilines is 2. The molecule has 0 bridgehead atoms. The van der Waals surface area contributed by atoms with E-state index in [-0.39, 0.29) is 37.0 Å². The van der Waals surface area contributed by atoms with E-state index in [2.05, 4.69) is 15.3 Å². The number of fused-ring (bicyclic) bond motifs is 1. The van der Waals surface area contributed by atoms with E-state index in [9.17, 15) is 13.6 Å². The standard InChI is InChI=1S/C22H28F2N6O2/c1-2-3-8-32-21-26-18-13-30(22(31)27-19(18)20(25)28-21)11-14-9-16(23)15(17(24)10-14)12-29-6-4-5-7-29/h9-10H,2-8,11-13H2,1H3,(H,27,31)(H2,25,26,28). The fraction of sp³-hybridized carbons (Fsp3) is 0.500. The Hall–Kier alpha value is -3.01. The largest absolute Gasteiger partial charge is 0.463 e. The minimum absolute atomic E-state index is 0.0268. The van der Waals surface area contributed by atoms with Gasteiger partial charge in [-0.15, -0.1) is 0 Å². The number of benzene rings is 1. The van der Waals surface area contributed by atoms with E-state index in [1.165, 1.54) is 17.0 Å². The van der Waals surface area contributed by atoms with Crippen LogP contribution in [0.25, 0.3) is 0 Å². The third kappa shape index (κ3) is 4.90. The number of likely N-dealkylation sites (tertiary alicyclic amines) is 1. The number of rotatable bonds is 8. The molecule has 1 aromatic carbocycles. The summed E-state index contributed by atoms with van der Waals surface area (Å²) in [5.41, 5.74) is 7.23. The van der Waals surface area contributed by atoms with E-state index in [1.54, 1.807) is 0 Å². The molecule has 172 valence electrons. The van der Waals surface area contributed by atoms with Crippen LogP contribution in [0.5, 0.6) is 6.01 Å². The highest BCUT2D eigenvalue weighted by Gasteiger charge is 2.28. The first kappa shape index (κ1) is 22.2. The van der Waals surface area contributed by atoms with Gasteiger partial charge in [-0.1, -0.05) is 13.3 Å². The molecule has 2 aromatic rings. The number of halogens is 2. The zero-order valence-corrected chi connectivity index (χ0v) is 18.2. The van der Waals surface area contributed by atoms with Crippen molar-refractivity contribution in [3.63, 3.8) is 0 Å². The molecule has 0 radical (unpaired) electrons. The molecule has 0 unspecified atom stereocenters. The van der Waals surface area contributed by atoms with Crippen LogP contribution in [0.1, 0.15) is 49.4 Å². The van der Waals surface area contributed by atoms with Gasteiger partial charge < -0.3 is 20.7 Å². The topological polar surface area (TPSA) is 96.6 Å². The molecule has 1 saturated heterocycles. The number of nitrogen functional groups attached to an aromatic ring is 1. The van der Waals surface area contributed by atoms with Crippen molar-refractivity contribution in [2.45, 2.75) is 52.2 Å². The van der Waals surface area contributed by atoms with Gasteiger partial charge in [0.15, 0.2) is 5.82 Å². The van der Waals surface area contributed by atoms with Gasteiger partial charge in [-0.3, -0.25) is 4.90 Å². The van der Waals surface area contributed by atoms with E-state index in [0.717, 1.165) is 38.8 Å². The highest BCUT2D eigenvalue weighted by molar-refractivity contribution is 5.94. The lowest BCUT2D eigenvalue weighted by atomic mass is 10.1. The maximum Gasteiger partial charge on any atom is 0.322 e. The van der Waals surface area contributed by atoms with E-state index in [0.29, 0.717) is 23.6 Å². The van der Waals surface area contributed by atoms with Crippen LogP contribution in [0.15, 0.2) is 12.1 Å². The second-order valence-corrected chi connectivity index (χ2v) is 8.22. The molecule has 10 heteroatoms. The molecule has 4 rings (SSSR count). The first-order chi connectivity index (χ1) is 15.4. The van der Waals surface area contributed by atoms with Crippen molar-refractivity contribution in [3.8, 4) is 6.01 Å². The predicted molar refractivity (Wildman–Crippen MR) is 116 cm³/mol. The highest BCUT2D eigenvalue weighted by atomic mass is 19.1. The Bertz CT molecular complexity index is 974. The Morgan fingerprint density at radius 2 is 1.88 bits per heavy atom. The van der Waals surface area contributed by atoms with Crippen LogP contribution in [0.2, 0.25) is 0 Å². The molecule has 2 aliphatic heterocycles. The SMILES string of the molecule is CCCCOc1nc(N)c2c(n1)CN(Cc1cc(F)c(CN3CCCC3)c(F)c1)C(=O)N2. The van der Waals surface area contributed by atoms with Crippen LogP contribution >= 0.6 is 0 Å². The summed E-state index contributed by atoms with van der Waals surface area (Å²) >= 11 is 0. The average Bonchev–Trinajstić information content (AvgIpc) is 3.26. The van der Waals surface area contributed by atoms with E-state index >= 15 is 0 Å². The lowest BCUT2D eigenvalue weighted by Crippen LogP contribution is -2.39. The molecule has 0 saturated carbocycles. The Balaban J connectivity index is 1.49. The molecule has 2 aliphatic rings. The molecule has 8 nitrogen and oxygen atoms in total. The third-order valence-electron chi connectivity index (χ3n) is 5.73. The van der Waals surface area contributed by atoms with Gasteiger partial charge in [-0.05, 0) is 50.0 Å². The Morgan fingerprint density at radius 3 is 2.56 bits per heavy atom. The summed E-state index contributed by atoms with van der Waals surface area (Å²) in [5.74, 6) is -1.07. The zero-order chi connectivity index (χ0) is 22.7. The number of carbonyl (C=O) groups excluding carboxylic acids is 1. The van der Waals surface area contributed by atoms with Crippen molar-refractivity contribution in [3.05, 3.63) is 40.6 Å². The van der Waals surface area contributed by atoms with Crippen molar-refractivity contribution in [2.75, 3.05) is 30.7 Å². The monoisotopic (exact) mass is 446 g/mol. The molecule has 32 heavy (non-hydrogen) atoms. The zero-order valence-electron chi connectivity index (χ0n) is 18.2. The number of urea groups is 1. The number of amides is 2. The smallest absolute Gasteiger partial charge is 0.322 e. The fourth-order valence-electron chi connectivity index (χ4n) is 3.97. The van der Waals surface area contributed by atoms with Gasteiger partial charge in [-0.2, -0.15) is 9.97 Å². The van der Waals surface area contributed by atoms with Crippen LogP contribution < -0.4 is 15.8 Å². The summed E-state index contributed by atoms with van der Waals surface area (Å²) in [7, 11) is 0. The Morgan fingerprint density at radius 1 is 1.16 bits per heavy atom. The van der Waals surface area contributed by atoms with Crippen LogP contribution in [-0.4, -0.2) is 45.5 Å². The normalized spacial score (nSPS) is 16.2. The highest BCUT2D eigenvalue weighted by Crippen LogP contribution is 2.29. The minimum Gasteiger partial charge on any atom is -0.463 e. The third-order valence-corrected chi connectivity index (χ3v) is 5.73. The Kier molecular flexibility index (Phi) is 6.69. The van der Waals surface area contributed by atoms with Crippen molar-refractivity contribution in [1.29, 1.82) is 0 Å². The van der Waals surface area contributed by atoms with E-state index in [1.807, 2.05) is 11.8 Å². The number of aromatic nitrogens is 2. The van der Waals surface area contributed by atoms with E-state index < -0.39 is 17.7 Å². The van der Waals surface area contributed by atoms with Gasteiger partial charge in [0.25, 0.3) is 0 Å². The fourth-order valence-corrected chi connectivity index (χ4v) is 3.97. The summed E-state index contributed by atoms with van der Waals surface area (Å²) in [6, 6.07) is 2.30. The summed E-state index contributed by atoms with van der Waals surface area (Å²) in [4.78, 5) is 24.5. The molecule has 3 heterocycles. The van der Waals surface area contributed by atoms with Gasteiger partial charge >= 0.3 is 12.0 Å². The van der Waals surface area contributed by atoms with Crippen LogP contribution in [0.3, 0.4) is 0 Å². The van der Waals surface area contributed by atoms with Crippen LogP contribution in [0, 0.1) is 11.6 Å². The molecular formula is C22H28F2N6O2. The summed E-state index contributed by atoms with van der Waals surface area (Å²) in [6.45, 7) is 4.62. The van der Waals surface area contributed by atoms with Gasteiger partial charge in [0.2, 0.25) is 0 Å². The molecule has 2 amide bonds. The molecule has 0 aliphatic carbocycles. The van der Waals surface area contributed by atoms with Crippen molar-refractivity contribution >= 4 is 17.5 Å². The molecule has 1 fully saturated rings. The lowest BCUT2D eigenvalue weighted by molar-refractivity contribution is 0.202. The van der Waals surface area contributed by atoms with Crippen LogP contribution in [0.4, 0.5) is 25.1 Å². The van der Waals surface area contributed by atoms with Crippen molar-refractivity contribution < 1.29 is 18.3 Å². The number of hydrogen-bond acceptors (Lipinski definition) is 6. The Labute approximate surface area is 185 Å². The second kappa shape index (κ2) is 9.64. The summed E-state index contributed by atoms with van der Waals surface area (Å²) in [6.07, 6.45) is 3.92. The van der Waals surface area contributed by atoms with Gasteiger partial charge in [0, 0.05) is 18.7 Å². The summed E-state index contributed by atoms with van der Waals surface area (Å²) < 4.78 is 34.9. The van der Waals surface area contributed by atoms with Crippen LogP contribution in [-0.2, 0) is 19.6 Å². The maximum absolute atomic E-state index is 14.7. The molecule has 0 atom stereocenters. The maximum atomic E-state index is 14.7. The molecule has 0 spiro atoms. The first-order valence-electron chi connectivity index (χ1n) is 11.0. The number of ether oxygens (including phenoxy) is 1. The quantitative estimate of drug-likeness (QED) is 0.601. The van der Waals surface area contributed by atoms with Gasteiger partial charge in [-0.25, -0.2) is 13.6 Å². The van der Waals surface area contributed by atoms with E-state index in [4.69, 9.17) is 10.5 Å². The average molecular weight is 447 g/mol. The number of carbonyl (C=O) groups is 1. The summed E-state index contributed by atoms with van der Waals surface area (Å²) in [5, 5.41) is 2.67. The number of unbranched alkanes of at least 4 members (excludes halogenated alkanes) is 1.